The maximum Gasteiger partial charge on any atom is 0.695 e. The molecule has 1 N–H and O–H groups in total. The fraction of sp³-hybridized carbons (Fsp3) is 0.400. The molecule has 1 unspecified atom stereocenters. The molecule has 1 atom stereocenters. The number of hydrogen-bond donors (Lipinski definition) is 1. The second-order valence-corrected chi connectivity index (χ2v) is 4.14. The quantitative estimate of drug-likeness (QED) is 0.782. The minimum Gasteiger partial charge on any atom is -0.133 e. The van der Waals surface area contributed by atoms with E-state index in [4.69, 9.17) is 4.89 Å². The van der Waals surface area contributed by atoms with E-state index in [0.717, 1.165) is 5.56 Å². The SMILES string of the molecule is CC(C)c1cccc(CO[P+](=O)O)c1. The third-order valence-electron chi connectivity index (χ3n) is 1.96. The number of rotatable bonds is 4. The number of hydrogen-bond acceptors (Lipinski definition) is 2. The molecule has 0 spiro atoms. The first-order valence-electron chi connectivity index (χ1n) is 4.47. The molecule has 0 heterocycles. The van der Waals surface area contributed by atoms with Crippen LogP contribution in [-0.4, -0.2) is 4.89 Å². The van der Waals surface area contributed by atoms with Crippen molar-refractivity contribution in [3.05, 3.63) is 35.4 Å². The largest absolute Gasteiger partial charge is 0.695 e. The summed E-state index contributed by atoms with van der Waals surface area (Å²) < 4.78 is 14.9. The van der Waals surface area contributed by atoms with Crippen molar-refractivity contribution in [1.82, 2.24) is 0 Å². The molecule has 0 aliphatic heterocycles. The normalized spacial score (nSPS) is 11.9. The summed E-state index contributed by atoms with van der Waals surface area (Å²) >= 11 is 0. The Labute approximate surface area is 84.7 Å². The predicted octanol–water partition coefficient (Wildman–Crippen LogP) is 2.98. The molecular weight excluding hydrogens is 199 g/mol. The molecule has 0 aliphatic carbocycles. The van der Waals surface area contributed by atoms with E-state index in [1.165, 1.54) is 5.56 Å². The van der Waals surface area contributed by atoms with Gasteiger partial charge < -0.3 is 0 Å². The van der Waals surface area contributed by atoms with Crippen LogP contribution in [0, 0.1) is 0 Å². The second-order valence-electron chi connectivity index (χ2n) is 3.41. The highest BCUT2D eigenvalue weighted by molar-refractivity contribution is 7.32. The van der Waals surface area contributed by atoms with Gasteiger partial charge in [-0.1, -0.05) is 38.1 Å². The first-order valence-corrected chi connectivity index (χ1v) is 5.60. The molecule has 0 saturated carbocycles. The van der Waals surface area contributed by atoms with Crippen molar-refractivity contribution in [2.45, 2.75) is 26.4 Å². The van der Waals surface area contributed by atoms with Gasteiger partial charge in [0.25, 0.3) is 0 Å². The highest BCUT2D eigenvalue weighted by Gasteiger charge is 2.12. The van der Waals surface area contributed by atoms with Crippen molar-refractivity contribution < 1.29 is 14.0 Å². The molecule has 0 bridgehead atoms. The van der Waals surface area contributed by atoms with Crippen LogP contribution in [0.2, 0.25) is 0 Å². The maximum atomic E-state index is 10.3. The molecule has 1 aromatic carbocycles. The highest BCUT2D eigenvalue weighted by atomic mass is 31.1. The van der Waals surface area contributed by atoms with Gasteiger partial charge in [-0.25, -0.2) is 0 Å². The first kappa shape index (κ1) is 11.3. The van der Waals surface area contributed by atoms with Crippen LogP contribution in [-0.2, 0) is 15.7 Å². The zero-order valence-electron chi connectivity index (χ0n) is 8.30. The number of benzene rings is 1. The molecule has 0 aliphatic rings. The van der Waals surface area contributed by atoms with Crippen LogP contribution in [0.1, 0.15) is 30.9 Å². The summed E-state index contributed by atoms with van der Waals surface area (Å²) in [5.74, 6) is 0.456. The lowest BCUT2D eigenvalue weighted by molar-refractivity contribution is 0.272. The van der Waals surface area contributed by atoms with Crippen LogP contribution < -0.4 is 0 Å². The Morgan fingerprint density at radius 1 is 1.50 bits per heavy atom. The van der Waals surface area contributed by atoms with E-state index in [1.54, 1.807) is 0 Å². The molecular formula is C10H14O3P+. The van der Waals surface area contributed by atoms with Crippen molar-refractivity contribution in [2.24, 2.45) is 0 Å². The summed E-state index contributed by atoms with van der Waals surface area (Å²) in [5, 5.41) is 0. The van der Waals surface area contributed by atoms with E-state index in [1.807, 2.05) is 24.3 Å². The van der Waals surface area contributed by atoms with Crippen LogP contribution >= 0.6 is 8.25 Å². The van der Waals surface area contributed by atoms with Gasteiger partial charge in [-0.05, 0) is 17.0 Å². The van der Waals surface area contributed by atoms with E-state index in [-0.39, 0.29) is 6.61 Å². The van der Waals surface area contributed by atoms with Crippen molar-refractivity contribution in [3.63, 3.8) is 0 Å². The van der Waals surface area contributed by atoms with Crippen molar-refractivity contribution >= 4 is 8.25 Å². The van der Waals surface area contributed by atoms with Crippen LogP contribution in [0.25, 0.3) is 0 Å². The lowest BCUT2D eigenvalue weighted by atomic mass is 10.0. The third-order valence-corrected chi connectivity index (χ3v) is 2.31. The van der Waals surface area contributed by atoms with Crippen molar-refractivity contribution in [1.29, 1.82) is 0 Å². The van der Waals surface area contributed by atoms with Gasteiger partial charge in [0, 0.05) is 4.57 Å². The summed E-state index contributed by atoms with van der Waals surface area (Å²) in [5.41, 5.74) is 2.13. The summed E-state index contributed by atoms with van der Waals surface area (Å²) in [6, 6.07) is 7.83. The summed E-state index contributed by atoms with van der Waals surface area (Å²) in [6.45, 7) is 4.39. The Morgan fingerprint density at radius 2 is 2.21 bits per heavy atom. The monoisotopic (exact) mass is 213 g/mol. The molecule has 0 radical (unpaired) electrons. The first-order chi connectivity index (χ1) is 6.59. The molecule has 1 aromatic rings. The van der Waals surface area contributed by atoms with Gasteiger partial charge in [0.2, 0.25) is 0 Å². The van der Waals surface area contributed by atoms with Crippen molar-refractivity contribution in [3.8, 4) is 0 Å². The Hall–Kier alpha value is -0.760. The molecule has 3 nitrogen and oxygen atoms in total. The van der Waals surface area contributed by atoms with E-state index < -0.39 is 8.25 Å². The van der Waals surface area contributed by atoms with Gasteiger partial charge in [-0.3, -0.25) is 0 Å². The molecule has 76 valence electrons. The fourth-order valence-corrected chi connectivity index (χ4v) is 1.43. The summed E-state index contributed by atoms with van der Waals surface area (Å²) in [7, 11) is -2.50. The van der Waals surface area contributed by atoms with Gasteiger partial charge in [-0.15, -0.1) is 9.42 Å². The standard InChI is InChI=1S/C10H13O3P/c1-8(2)10-5-3-4-9(6-10)7-13-14(11)12/h3-6,8H,7H2,1-2H3/p+1. The van der Waals surface area contributed by atoms with E-state index in [9.17, 15) is 4.57 Å². The molecule has 0 saturated heterocycles. The molecule has 1 rings (SSSR count). The van der Waals surface area contributed by atoms with Gasteiger partial charge in [0.1, 0.15) is 6.61 Å². The average Bonchev–Trinajstić information content (AvgIpc) is 2.15. The van der Waals surface area contributed by atoms with Crippen LogP contribution in [0.4, 0.5) is 0 Å². The highest BCUT2D eigenvalue weighted by Crippen LogP contribution is 2.20. The van der Waals surface area contributed by atoms with Gasteiger partial charge in [0.05, 0.1) is 0 Å². The van der Waals surface area contributed by atoms with E-state index in [0.29, 0.717) is 5.92 Å². The van der Waals surface area contributed by atoms with Crippen molar-refractivity contribution in [2.75, 3.05) is 0 Å². The lowest BCUT2D eigenvalue weighted by Crippen LogP contribution is -1.91. The molecule has 4 heteroatoms. The maximum absolute atomic E-state index is 10.3. The molecule has 0 amide bonds. The van der Waals surface area contributed by atoms with Gasteiger partial charge in [-0.2, -0.15) is 0 Å². The topological polar surface area (TPSA) is 46.5 Å². The second kappa shape index (κ2) is 5.20. The molecule has 0 fully saturated rings. The predicted molar refractivity (Wildman–Crippen MR) is 55.1 cm³/mol. The zero-order chi connectivity index (χ0) is 10.6. The van der Waals surface area contributed by atoms with Gasteiger partial charge >= 0.3 is 8.25 Å². The van der Waals surface area contributed by atoms with Gasteiger partial charge in [0.15, 0.2) is 0 Å². The Morgan fingerprint density at radius 3 is 2.79 bits per heavy atom. The Bertz CT molecular complexity index is 323. The van der Waals surface area contributed by atoms with Crippen LogP contribution in [0.15, 0.2) is 24.3 Å². The minimum absolute atomic E-state index is 0.187. The fourth-order valence-electron chi connectivity index (χ4n) is 1.17. The third kappa shape index (κ3) is 3.54. The van der Waals surface area contributed by atoms with Crippen LogP contribution in [0.3, 0.4) is 0 Å². The summed E-state index contributed by atoms with van der Waals surface area (Å²) in [6.07, 6.45) is 0. The smallest absolute Gasteiger partial charge is 0.133 e. The molecule has 14 heavy (non-hydrogen) atoms. The van der Waals surface area contributed by atoms with E-state index in [2.05, 4.69) is 18.4 Å². The minimum atomic E-state index is -2.50. The zero-order valence-corrected chi connectivity index (χ0v) is 9.20. The molecule has 0 aromatic heterocycles. The average molecular weight is 213 g/mol. The lowest BCUT2D eigenvalue weighted by Gasteiger charge is -2.05. The Kier molecular flexibility index (Phi) is 4.21. The summed E-state index contributed by atoms with van der Waals surface area (Å²) in [4.78, 5) is 8.48. The van der Waals surface area contributed by atoms with Crippen LogP contribution in [0.5, 0.6) is 0 Å². The van der Waals surface area contributed by atoms with E-state index >= 15 is 0 Å². The Balaban J connectivity index is 2.68.